The number of carbonyl (C=O) groups excluding carboxylic acids is 1. The van der Waals surface area contributed by atoms with E-state index >= 15 is 0 Å². The first-order chi connectivity index (χ1) is 15.4. The maximum Gasteiger partial charge on any atom is 0.277 e. The molecule has 0 unspecified atom stereocenters. The van der Waals surface area contributed by atoms with Gasteiger partial charge in [-0.05, 0) is 54.6 Å². The van der Waals surface area contributed by atoms with E-state index in [-0.39, 0.29) is 4.21 Å². The molecule has 0 aliphatic carbocycles. The van der Waals surface area contributed by atoms with E-state index in [1.54, 1.807) is 24.4 Å². The molecule has 168 valence electrons. The van der Waals surface area contributed by atoms with E-state index < -0.39 is 15.9 Å². The summed E-state index contributed by atoms with van der Waals surface area (Å²) in [5, 5.41) is 8.53. The minimum atomic E-state index is -3.77. The van der Waals surface area contributed by atoms with Crippen molar-refractivity contribution >= 4 is 39.2 Å². The summed E-state index contributed by atoms with van der Waals surface area (Å²) in [5.41, 5.74) is 2.92. The third-order valence-electron chi connectivity index (χ3n) is 5.20. The number of thiophene rings is 1. The van der Waals surface area contributed by atoms with Crippen LogP contribution in [0.3, 0.4) is 0 Å². The third kappa shape index (κ3) is 4.75. The van der Waals surface area contributed by atoms with Crippen LogP contribution < -0.4 is 10.4 Å². The standard InChI is InChI=1S/C21H23N5O4S2/c1-24-10-12-25(13-11-24)19-14-17(6-8-22-19)18-3-5-21(31-18)32(29,30)26-9-7-16(15-26)2-4-20(27)23-28/h2-9,14-15,28H,10-13H2,1H3,(H,23,27). The zero-order valence-electron chi connectivity index (χ0n) is 17.4. The van der Waals surface area contributed by atoms with E-state index in [1.165, 1.54) is 35.3 Å². The highest BCUT2D eigenvalue weighted by molar-refractivity contribution is 7.92. The summed E-state index contributed by atoms with van der Waals surface area (Å²) in [6.07, 6.45) is 7.10. The number of nitrogens with one attached hydrogen (secondary N) is 1. The monoisotopic (exact) mass is 473 g/mol. The summed E-state index contributed by atoms with van der Waals surface area (Å²) in [5.74, 6) is 0.193. The van der Waals surface area contributed by atoms with E-state index in [4.69, 9.17) is 5.21 Å². The number of aromatic nitrogens is 2. The van der Waals surface area contributed by atoms with E-state index in [0.717, 1.165) is 52.5 Å². The zero-order chi connectivity index (χ0) is 22.7. The minimum absolute atomic E-state index is 0.213. The maximum atomic E-state index is 13.0. The van der Waals surface area contributed by atoms with Crippen LogP contribution in [0.1, 0.15) is 5.56 Å². The van der Waals surface area contributed by atoms with Crippen LogP contribution in [-0.2, 0) is 14.8 Å². The molecule has 0 spiro atoms. The van der Waals surface area contributed by atoms with Gasteiger partial charge in [-0.1, -0.05) is 0 Å². The van der Waals surface area contributed by atoms with Crippen molar-refractivity contribution in [2.75, 3.05) is 38.1 Å². The Morgan fingerprint density at radius 1 is 1.19 bits per heavy atom. The Morgan fingerprint density at radius 2 is 1.97 bits per heavy atom. The number of hydrogen-bond donors (Lipinski definition) is 2. The number of amides is 1. The largest absolute Gasteiger partial charge is 0.354 e. The highest BCUT2D eigenvalue weighted by Gasteiger charge is 2.20. The van der Waals surface area contributed by atoms with Gasteiger partial charge >= 0.3 is 0 Å². The number of carbonyl (C=O) groups is 1. The molecule has 9 nitrogen and oxygen atoms in total. The lowest BCUT2D eigenvalue weighted by Gasteiger charge is -2.33. The van der Waals surface area contributed by atoms with Crippen LogP contribution in [0.4, 0.5) is 5.82 Å². The predicted molar refractivity (Wildman–Crippen MR) is 123 cm³/mol. The predicted octanol–water partition coefficient (Wildman–Crippen LogP) is 2.12. The highest BCUT2D eigenvalue weighted by atomic mass is 32.2. The van der Waals surface area contributed by atoms with Gasteiger partial charge in [0.15, 0.2) is 0 Å². The summed E-state index contributed by atoms with van der Waals surface area (Å²) in [4.78, 5) is 21.0. The van der Waals surface area contributed by atoms with Gasteiger partial charge in [0.25, 0.3) is 15.9 Å². The van der Waals surface area contributed by atoms with Crippen LogP contribution >= 0.6 is 11.3 Å². The van der Waals surface area contributed by atoms with Crippen molar-refractivity contribution in [3.63, 3.8) is 0 Å². The summed E-state index contributed by atoms with van der Waals surface area (Å²) in [6.45, 7) is 3.76. The number of piperazine rings is 1. The van der Waals surface area contributed by atoms with Gasteiger partial charge in [-0.25, -0.2) is 14.4 Å². The van der Waals surface area contributed by atoms with Gasteiger partial charge in [-0.2, -0.15) is 8.42 Å². The molecule has 3 aromatic rings. The van der Waals surface area contributed by atoms with E-state index in [9.17, 15) is 13.2 Å². The minimum Gasteiger partial charge on any atom is -0.354 e. The van der Waals surface area contributed by atoms with Crippen molar-refractivity contribution in [2.45, 2.75) is 4.21 Å². The Hall–Kier alpha value is -2.99. The number of anilines is 1. The summed E-state index contributed by atoms with van der Waals surface area (Å²) >= 11 is 1.20. The molecule has 1 fully saturated rings. The summed E-state index contributed by atoms with van der Waals surface area (Å²) in [7, 11) is -1.66. The lowest BCUT2D eigenvalue weighted by atomic mass is 10.2. The fraction of sp³-hybridized carbons (Fsp3) is 0.238. The van der Waals surface area contributed by atoms with Gasteiger partial charge < -0.3 is 9.80 Å². The molecule has 4 heterocycles. The average Bonchev–Trinajstić information content (AvgIpc) is 3.49. The number of likely N-dealkylation sites (N-methyl/N-ethyl adjacent to an activating group) is 1. The molecule has 0 aromatic carbocycles. The zero-order valence-corrected chi connectivity index (χ0v) is 19.0. The van der Waals surface area contributed by atoms with E-state index in [1.807, 2.05) is 12.1 Å². The third-order valence-corrected chi connectivity index (χ3v) is 8.44. The molecule has 1 aliphatic heterocycles. The first-order valence-corrected chi connectivity index (χ1v) is 12.2. The van der Waals surface area contributed by atoms with Gasteiger partial charge in [0.05, 0.1) is 0 Å². The number of hydrogen-bond acceptors (Lipinski definition) is 8. The van der Waals surface area contributed by atoms with Gasteiger partial charge in [0, 0.05) is 55.7 Å². The molecule has 0 bridgehead atoms. The van der Waals surface area contributed by atoms with Crippen LogP contribution in [0.2, 0.25) is 0 Å². The van der Waals surface area contributed by atoms with Crippen LogP contribution in [0.25, 0.3) is 16.5 Å². The molecular weight excluding hydrogens is 450 g/mol. The van der Waals surface area contributed by atoms with Gasteiger partial charge in [-0.15, -0.1) is 11.3 Å². The van der Waals surface area contributed by atoms with Crippen molar-refractivity contribution in [3.8, 4) is 10.4 Å². The highest BCUT2D eigenvalue weighted by Crippen LogP contribution is 2.33. The number of pyridine rings is 1. The Labute approximate surface area is 190 Å². The second-order valence-corrected chi connectivity index (χ2v) is 10.6. The van der Waals surface area contributed by atoms with Crippen molar-refractivity contribution in [2.24, 2.45) is 0 Å². The molecule has 32 heavy (non-hydrogen) atoms. The van der Waals surface area contributed by atoms with Crippen LogP contribution in [0.15, 0.2) is 59.2 Å². The molecule has 0 atom stereocenters. The van der Waals surface area contributed by atoms with Gasteiger partial charge in [-0.3, -0.25) is 10.0 Å². The molecule has 4 rings (SSSR count). The fourth-order valence-corrected chi connectivity index (χ4v) is 5.96. The van der Waals surface area contributed by atoms with Gasteiger partial charge in [0.1, 0.15) is 10.0 Å². The van der Waals surface area contributed by atoms with Crippen LogP contribution in [0, 0.1) is 0 Å². The summed E-state index contributed by atoms with van der Waals surface area (Å²) < 4.78 is 27.4. The Morgan fingerprint density at radius 3 is 2.72 bits per heavy atom. The SMILES string of the molecule is CN1CCN(c2cc(-c3ccc(S(=O)(=O)n4ccc(C=CC(=O)NO)c4)s3)ccn2)CC1. The normalized spacial score (nSPS) is 15.4. The molecular formula is C21H23N5O4S2. The molecule has 11 heteroatoms. The van der Waals surface area contributed by atoms with Crippen LogP contribution in [0.5, 0.6) is 0 Å². The smallest absolute Gasteiger partial charge is 0.277 e. The molecule has 3 aromatic heterocycles. The number of hydroxylamine groups is 1. The second kappa shape index (κ2) is 9.25. The molecule has 0 radical (unpaired) electrons. The number of rotatable bonds is 6. The molecule has 1 amide bonds. The average molecular weight is 474 g/mol. The van der Waals surface area contributed by atoms with Gasteiger partial charge in [0.2, 0.25) is 0 Å². The fourth-order valence-electron chi connectivity index (χ4n) is 3.35. The molecule has 1 saturated heterocycles. The van der Waals surface area contributed by atoms with Crippen molar-refractivity contribution < 1.29 is 18.4 Å². The molecule has 0 saturated carbocycles. The molecule has 1 aliphatic rings. The first kappa shape index (κ1) is 22.2. The maximum absolute atomic E-state index is 13.0. The topological polar surface area (TPSA) is 108 Å². The first-order valence-electron chi connectivity index (χ1n) is 9.92. The Kier molecular flexibility index (Phi) is 6.42. The van der Waals surface area contributed by atoms with Crippen molar-refractivity contribution in [3.05, 3.63) is 60.6 Å². The summed E-state index contributed by atoms with van der Waals surface area (Å²) in [6, 6.07) is 8.85. The Bertz CT molecular complexity index is 1240. The molecule has 2 N–H and O–H groups in total. The van der Waals surface area contributed by atoms with E-state index in [2.05, 4.69) is 21.8 Å². The second-order valence-electron chi connectivity index (χ2n) is 7.40. The lowest BCUT2D eigenvalue weighted by molar-refractivity contribution is -0.124. The van der Waals surface area contributed by atoms with Crippen LogP contribution in [-0.4, -0.2) is 66.6 Å². The van der Waals surface area contributed by atoms with Crippen molar-refractivity contribution in [1.29, 1.82) is 0 Å². The van der Waals surface area contributed by atoms with E-state index in [0.29, 0.717) is 5.56 Å². The number of nitrogens with zero attached hydrogens (tertiary/aromatic N) is 4. The van der Waals surface area contributed by atoms with Crippen molar-refractivity contribution in [1.82, 2.24) is 19.3 Å². The quantitative estimate of drug-likeness (QED) is 0.321. The lowest BCUT2D eigenvalue weighted by Crippen LogP contribution is -2.44. The Balaban J connectivity index is 1.55.